The largest absolute Gasteiger partial charge is 0.493 e. The van der Waals surface area contributed by atoms with E-state index in [2.05, 4.69) is 10.6 Å². The number of hydrogen-bond acceptors (Lipinski definition) is 5. The highest BCUT2D eigenvalue weighted by molar-refractivity contribution is 5.92. The van der Waals surface area contributed by atoms with E-state index in [4.69, 9.17) is 9.47 Å². The number of carbonyl (C=O) groups excluding carboxylic acids is 2. The summed E-state index contributed by atoms with van der Waals surface area (Å²) >= 11 is 0. The van der Waals surface area contributed by atoms with Crippen LogP contribution in [-0.4, -0.2) is 42.8 Å². The van der Waals surface area contributed by atoms with E-state index in [0.29, 0.717) is 17.2 Å². The molecule has 0 aliphatic carbocycles. The molecule has 2 aromatic rings. The van der Waals surface area contributed by atoms with Crippen molar-refractivity contribution in [1.82, 2.24) is 5.32 Å². The first kappa shape index (κ1) is 21.2. The highest BCUT2D eigenvalue weighted by Gasteiger charge is 2.19. The van der Waals surface area contributed by atoms with E-state index in [1.807, 2.05) is 6.07 Å². The Kier molecular flexibility index (Phi) is 7.40. The van der Waals surface area contributed by atoms with Crippen LogP contribution in [0.1, 0.15) is 19.4 Å². The molecule has 0 heterocycles. The molecule has 0 saturated heterocycles. The van der Waals surface area contributed by atoms with E-state index < -0.39 is 5.54 Å². The third-order valence-electron chi connectivity index (χ3n) is 3.90. The zero-order valence-electron chi connectivity index (χ0n) is 16.3. The van der Waals surface area contributed by atoms with Crippen LogP contribution < -0.4 is 20.1 Å². The third-order valence-corrected chi connectivity index (χ3v) is 3.90. The predicted molar refractivity (Wildman–Crippen MR) is 107 cm³/mol. The SMILES string of the molecule is COc1ccccc1OCC(=O)Nc1ccc(CC(=O)NC(C)(C)CO)cc1. The van der Waals surface area contributed by atoms with Crippen molar-refractivity contribution in [1.29, 1.82) is 0 Å². The standard InChI is InChI=1S/C21H26N2O5/c1-21(2,14-24)23-19(25)12-15-8-10-16(11-9-15)22-20(26)13-28-18-7-5-4-6-17(18)27-3/h4-11,24H,12-14H2,1-3H3,(H,22,26)(H,23,25). The molecule has 3 N–H and O–H groups in total. The first-order valence-electron chi connectivity index (χ1n) is 8.89. The minimum atomic E-state index is -0.660. The van der Waals surface area contributed by atoms with Crippen molar-refractivity contribution >= 4 is 17.5 Å². The Labute approximate surface area is 164 Å². The highest BCUT2D eigenvalue weighted by atomic mass is 16.5. The van der Waals surface area contributed by atoms with E-state index in [0.717, 1.165) is 5.56 Å². The summed E-state index contributed by atoms with van der Waals surface area (Å²) in [6.45, 7) is 3.20. The normalized spacial score (nSPS) is 10.9. The van der Waals surface area contributed by atoms with Crippen LogP contribution in [0.3, 0.4) is 0 Å². The van der Waals surface area contributed by atoms with Gasteiger partial charge in [0.15, 0.2) is 18.1 Å². The van der Waals surface area contributed by atoms with Gasteiger partial charge in [0, 0.05) is 5.69 Å². The molecule has 2 rings (SSSR count). The van der Waals surface area contributed by atoms with Crippen molar-refractivity contribution < 1.29 is 24.2 Å². The van der Waals surface area contributed by atoms with Crippen LogP contribution in [0.15, 0.2) is 48.5 Å². The van der Waals surface area contributed by atoms with Gasteiger partial charge in [-0.2, -0.15) is 0 Å². The minimum Gasteiger partial charge on any atom is -0.493 e. The number of ether oxygens (including phenoxy) is 2. The van der Waals surface area contributed by atoms with Gasteiger partial charge in [0.05, 0.1) is 25.7 Å². The molecule has 0 fully saturated rings. The van der Waals surface area contributed by atoms with Gasteiger partial charge in [-0.25, -0.2) is 0 Å². The van der Waals surface area contributed by atoms with Crippen LogP contribution in [0.25, 0.3) is 0 Å². The number of benzene rings is 2. The molecule has 0 aliphatic heterocycles. The Morgan fingerprint density at radius 2 is 1.64 bits per heavy atom. The second-order valence-electron chi connectivity index (χ2n) is 6.95. The number of amides is 2. The van der Waals surface area contributed by atoms with Gasteiger partial charge in [0.2, 0.25) is 5.91 Å². The molecule has 0 saturated carbocycles. The zero-order chi connectivity index (χ0) is 20.6. The lowest BCUT2D eigenvalue weighted by molar-refractivity contribution is -0.122. The summed E-state index contributed by atoms with van der Waals surface area (Å²) in [5, 5.41) is 14.7. The summed E-state index contributed by atoms with van der Waals surface area (Å²) in [5.41, 5.74) is 0.745. The maximum atomic E-state index is 12.1. The van der Waals surface area contributed by atoms with Crippen molar-refractivity contribution in [2.24, 2.45) is 0 Å². The second-order valence-corrected chi connectivity index (χ2v) is 6.95. The molecular weight excluding hydrogens is 360 g/mol. The van der Waals surface area contributed by atoms with Crippen LogP contribution in [0, 0.1) is 0 Å². The average Bonchev–Trinajstić information content (AvgIpc) is 2.67. The molecule has 0 radical (unpaired) electrons. The van der Waals surface area contributed by atoms with Gasteiger partial charge in [-0.1, -0.05) is 24.3 Å². The van der Waals surface area contributed by atoms with E-state index in [-0.39, 0.29) is 31.4 Å². The second kappa shape index (κ2) is 9.75. The number of rotatable bonds is 9. The van der Waals surface area contributed by atoms with Crippen molar-refractivity contribution in [2.75, 3.05) is 25.6 Å². The summed E-state index contributed by atoms with van der Waals surface area (Å²) < 4.78 is 10.7. The molecule has 0 bridgehead atoms. The Morgan fingerprint density at radius 1 is 1.00 bits per heavy atom. The number of nitrogens with one attached hydrogen (secondary N) is 2. The zero-order valence-corrected chi connectivity index (χ0v) is 16.3. The van der Waals surface area contributed by atoms with E-state index in [1.54, 1.807) is 56.3 Å². The fourth-order valence-electron chi connectivity index (χ4n) is 2.43. The fourth-order valence-corrected chi connectivity index (χ4v) is 2.43. The first-order valence-corrected chi connectivity index (χ1v) is 8.89. The van der Waals surface area contributed by atoms with Crippen LogP contribution >= 0.6 is 0 Å². The van der Waals surface area contributed by atoms with E-state index in [1.165, 1.54) is 7.11 Å². The molecule has 0 aromatic heterocycles. The Hall–Kier alpha value is -3.06. The van der Waals surface area contributed by atoms with Gasteiger partial charge >= 0.3 is 0 Å². The van der Waals surface area contributed by atoms with Crippen LogP contribution in [-0.2, 0) is 16.0 Å². The maximum absolute atomic E-state index is 12.1. The summed E-state index contributed by atoms with van der Waals surface area (Å²) in [6.07, 6.45) is 0.189. The molecule has 0 unspecified atom stereocenters. The number of carbonyl (C=O) groups is 2. The van der Waals surface area contributed by atoms with Crippen LogP contribution in [0.2, 0.25) is 0 Å². The lowest BCUT2D eigenvalue weighted by atomic mass is 10.1. The van der Waals surface area contributed by atoms with Crippen LogP contribution in [0.4, 0.5) is 5.69 Å². The van der Waals surface area contributed by atoms with Gasteiger partial charge in [0.25, 0.3) is 5.91 Å². The van der Waals surface area contributed by atoms with Crippen molar-refractivity contribution in [3.63, 3.8) is 0 Å². The third kappa shape index (κ3) is 6.59. The molecule has 2 amide bonds. The number of anilines is 1. The van der Waals surface area contributed by atoms with Gasteiger partial charge in [-0.15, -0.1) is 0 Å². The molecule has 0 aliphatic rings. The average molecular weight is 386 g/mol. The van der Waals surface area contributed by atoms with Crippen LogP contribution in [0.5, 0.6) is 11.5 Å². The summed E-state index contributed by atoms with van der Waals surface area (Å²) in [7, 11) is 1.54. The summed E-state index contributed by atoms with van der Waals surface area (Å²) in [5.74, 6) is 0.566. The Bertz CT molecular complexity index is 803. The van der Waals surface area contributed by atoms with E-state index in [9.17, 15) is 14.7 Å². The lowest BCUT2D eigenvalue weighted by Crippen LogP contribution is -2.46. The molecular formula is C21H26N2O5. The Balaban J connectivity index is 1.84. The van der Waals surface area contributed by atoms with Gasteiger partial charge in [-0.3, -0.25) is 9.59 Å². The molecule has 7 nitrogen and oxygen atoms in total. The fraction of sp³-hybridized carbons (Fsp3) is 0.333. The van der Waals surface area contributed by atoms with Crippen molar-refractivity contribution in [3.8, 4) is 11.5 Å². The number of aliphatic hydroxyl groups excluding tert-OH is 1. The molecule has 0 atom stereocenters. The molecule has 2 aromatic carbocycles. The topological polar surface area (TPSA) is 96.9 Å². The van der Waals surface area contributed by atoms with Crippen molar-refractivity contribution in [2.45, 2.75) is 25.8 Å². The summed E-state index contributed by atoms with van der Waals surface area (Å²) in [4.78, 5) is 24.1. The van der Waals surface area contributed by atoms with Crippen molar-refractivity contribution in [3.05, 3.63) is 54.1 Å². The predicted octanol–water partition coefficient (Wildman–Crippen LogP) is 2.14. The number of methoxy groups -OCH3 is 1. The number of para-hydroxylation sites is 2. The number of aliphatic hydroxyl groups is 1. The monoisotopic (exact) mass is 386 g/mol. The van der Waals surface area contributed by atoms with Gasteiger partial charge in [0.1, 0.15) is 0 Å². The lowest BCUT2D eigenvalue weighted by Gasteiger charge is -2.23. The minimum absolute atomic E-state index is 0.138. The summed E-state index contributed by atoms with van der Waals surface area (Å²) in [6, 6.07) is 14.1. The molecule has 0 spiro atoms. The van der Waals surface area contributed by atoms with Gasteiger partial charge < -0.3 is 25.2 Å². The maximum Gasteiger partial charge on any atom is 0.262 e. The number of hydrogen-bond donors (Lipinski definition) is 3. The molecule has 7 heteroatoms. The smallest absolute Gasteiger partial charge is 0.262 e. The quantitative estimate of drug-likeness (QED) is 0.614. The van der Waals surface area contributed by atoms with Gasteiger partial charge in [-0.05, 0) is 43.7 Å². The first-order chi connectivity index (χ1) is 13.3. The Morgan fingerprint density at radius 3 is 2.25 bits per heavy atom. The molecule has 28 heavy (non-hydrogen) atoms. The van der Waals surface area contributed by atoms with E-state index >= 15 is 0 Å². The highest BCUT2D eigenvalue weighted by Crippen LogP contribution is 2.25. The molecule has 150 valence electrons.